The number of rotatable bonds is 4. The SMILES string of the molecule is Cc1ccccc1CC(=O)NC(C)(C)c1ccccc1C. The summed E-state index contributed by atoms with van der Waals surface area (Å²) in [5, 5.41) is 3.15. The number of hydrogen-bond acceptors (Lipinski definition) is 1. The predicted octanol–water partition coefficient (Wildman–Crippen LogP) is 3.90. The minimum atomic E-state index is -0.370. The Balaban J connectivity index is 2.12. The molecular weight excluding hydrogens is 258 g/mol. The Labute approximate surface area is 127 Å². The van der Waals surface area contributed by atoms with E-state index >= 15 is 0 Å². The molecule has 0 aliphatic carbocycles. The van der Waals surface area contributed by atoms with Crippen LogP contribution in [0.1, 0.15) is 36.1 Å². The summed E-state index contributed by atoms with van der Waals surface area (Å²) in [5.74, 6) is 0.0533. The molecule has 0 saturated carbocycles. The van der Waals surface area contributed by atoms with E-state index in [1.165, 1.54) is 5.56 Å². The van der Waals surface area contributed by atoms with Crippen LogP contribution in [0, 0.1) is 13.8 Å². The normalized spacial score (nSPS) is 11.2. The van der Waals surface area contributed by atoms with Crippen LogP contribution < -0.4 is 5.32 Å². The zero-order valence-corrected chi connectivity index (χ0v) is 13.2. The molecule has 1 N–H and O–H groups in total. The molecule has 21 heavy (non-hydrogen) atoms. The highest BCUT2D eigenvalue weighted by molar-refractivity contribution is 5.79. The molecule has 0 aliphatic rings. The Bertz CT molecular complexity index is 644. The summed E-state index contributed by atoms with van der Waals surface area (Å²) in [7, 11) is 0. The van der Waals surface area contributed by atoms with Gasteiger partial charge < -0.3 is 5.32 Å². The van der Waals surface area contributed by atoms with Crippen LogP contribution in [0.3, 0.4) is 0 Å². The average Bonchev–Trinajstić information content (AvgIpc) is 2.41. The number of nitrogens with one attached hydrogen (secondary N) is 1. The quantitative estimate of drug-likeness (QED) is 0.905. The highest BCUT2D eigenvalue weighted by atomic mass is 16.1. The summed E-state index contributed by atoms with van der Waals surface area (Å²) in [6.07, 6.45) is 0.419. The van der Waals surface area contributed by atoms with Gasteiger partial charge in [0.1, 0.15) is 0 Å². The number of carbonyl (C=O) groups is 1. The van der Waals surface area contributed by atoms with Crippen molar-refractivity contribution >= 4 is 5.91 Å². The summed E-state index contributed by atoms with van der Waals surface area (Å²) < 4.78 is 0. The smallest absolute Gasteiger partial charge is 0.225 e. The van der Waals surface area contributed by atoms with Crippen LogP contribution in [0.15, 0.2) is 48.5 Å². The lowest BCUT2D eigenvalue weighted by atomic mass is 9.90. The van der Waals surface area contributed by atoms with Crippen molar-refractivity contribution in [3.05, 3.63) is 70.8 Å². The van der Waals surface area contributed by atoms with Gasteiger partial charge in [-0.25, -0.2) is 0 Å². The van der Waals surface area contributed by atoms with Crippen molar-refractivity contribution < 1.29 is 4.79 Å². The third-order valence-electron chi connectivity index (χ3n) is 3.88. The molecular formula is C19H23NO. The van der Waals surface area contributed by atoms with Gasteiger partial charge in [-0.15, -0.1) is 0 Å². The molecule has 0 unspecified atom stereocenters. The van der Waals surface area contributed by atoms with Crippen LogP contribution in [0.25, 0.3) is 0 Å². The van der Waals surface area contributed by atoms with E-state index in [4.69, 9.17) is 0 Å². The second kappa shape index (κ2) is 6.13. The minimum Gasteiger partial charge on any atom is -0.347 e. The molecule has 0 aliphatic heterocycles. The van der Waals surface area contributed by atoms with Gasteiger partial charge in [0.2, 0.25) is 5.91 Å². The van der Waals surface area contributed by atoms with Gasteiger partial charge in [0.05, 0.1) is 12.0 Å². The second-order valence-electron chi connectivity index (χ2n) is 6.09. The van der Waals surface area contributed by atoms with Crippen LogP contribution >= 0.6 is 0 Å². The van der Waals surface area contributed by atoms with Gasteiger partial charge in [0, 0.05) is 0 Å². The Morgan fingerprint density at radius 3 is 2.14 bits per heavy atom. The van der Waals surface area contributed by atoms with E-state index < -0.39 is 0 Å². The molecule has 2 heteroatoms. The van der Waals surface area contributed by atoms with Crippen molar-refractivity contribution in [2.45, 2.75) is 39.7 Å². The first-order valence-corrected chi connectivity index (χ1v) is 7.32. The van der Waals surface area contributed by atoms with Crippen molar-refractivity contribution in [3.8, 4) is 0 Å². The fourth-order valence-corrected chi connectivity index (χ4v) is 2.72. The van der Waals surface area contributed by atoms with Gasteiger partial charge in [0.15, 0.2) is 0 Å². The molecule has 1 amide bonds. The molecule has 0 radical (unpaired) electrons. The van der Waals surface area contributed by atoms with Crippen molar-refractivity contribution in [2.75, 3.05) is 0 Å². The largest absolute Gasteiger partial charge is 0.347 e. The standard InChI is InChI=1S/C19H23NO/c1-14-9-5-7-11-16(14)13-18(21)20-19(3,4)17-12-8-6-10-15(17)2/h5-12H,13H2,1-4H3,(H,20,21). The predicted molar refractivity (Wildman–Crippen MR) is 87.2 cm³/mol. The first kappa shape index (κ1) is 15.3. The van der Waals surface area contributed by atoms with Gasteiger partial charge in [0.25, 0.3) is 0 Å². The lowest BCUT2D eigenvalue weighted by Gasteiger charge is -2.28. The molecule has 0 bridgehead atoms. The summed E-state index contributed by atoms with van der Waals surface area (Å²) in [5.41, 5.74) is 4.21. The molecule has 0 spiro atoms. The maximum Gasteiger partial charge on any atom is 0.225 e. The summed E-state index contributed by atoms with van der Waals surface area (Å²) in [6, 6.07) is 16.2. The van der Waals surface area contributed by atoms with E-state index in [-0.39, 0.29) is 11.4 Å². The number of amides is 1. The van der Waals surface area contributed by atoms with Crippen LogP contribution in [0.5, 0.6) is 0 Å². The van der Waals surface area contributed by atoms with E-state index in [2.05, 4.69) is 24.4 Å². The zero-order chi connectivity index (χ0) is 15.5. The van der Waals surface area contributed by atoms with Crippen LogP contribution in [0.4, 0.5) is 0 Å². The topological polar surface area (TPSA) is 29.1 Å². The maximum absolute atomic E-state index is 12.4. The monoisotopic (exact) mass is 281 g/mol. The van der Waals surface area contributed by atoms with Crippen LogP contribution in [-0.2, 0) is 16.8 Å². The maximum atomic E-state index is 12.4. The van der Waals surface area contributed by atoms with E-state index in [0.717, 1.165) is 16.7 Å². The minimum absolute atomic E-state index is 0.0533. The molecule has 0 heterocycles. The Hall–Kier alpha value is -2.09. The van der Waals surface area contributed by atoms with Crippen molar-refractivity contribution in [1.29, 1.82) is 0 Å². The molecule has 2 aromatic rings. The molecule has 0 aromatic heterocycles. The summed E-state index contributed by atoms with van der Waals surface area (Å²) in [4.78, 5) is 12.4. The fourth-order valence-electron chi connectivity index (χ4n) is 2.72. The van der Waals surface area contributed by atoms with Crippen LogP contribution in [-0.4, -0.2) is 5.91 Å². The zero-order valence-electron chi connectivity index (χ0n) is 13.2. The van der Waals surface area contributed by atoms with Gasteiger partial charge in [-0.1, -0.05) is 48.5 Å². The summed E-state index contributed by atoms with van der Waals surface area (Å²) in [6.45, 7) is 8.20. The molecule has 0 fully saturated rings. The van der Waals surface area contributed by atoms with Crippen molar-refractivity contribution in [3.63, 3.8) is 0 Å². The second-order valence-corrected chi connectivity index (χ2v) is 6.09. The van der Waals surface area contributed by atoms with Crippen molar-refractivity contribution in [1.82, 2.24) is 5.32 Å². The number of hydrogen-bond donors (Lipinski definition) is 1. The third kappa shape index (κ3) is 3.72. The molecule has 2 nitrogen and oxygen atoms in total. The first-order chi connectivity index (χ1) is 9.90. The highest BCUT2D eigenvalue weighted by Gasteiger charge is 2.24. The molecule has 110 valence electrons. The molecule has 0 atom stereocenters. The van der Waals surface area contributed by atoms with Crippen molar-refractivity contribution in [2.24, 2.45) is 0 Å². The lowest BCUT2D eigenvalue weighted by molar-refractivity contribution is -0.122. The van der Waals surface area contributed by atoms with E-state index in [0.29, 0.717) is 6.42 Å². The number of benzene rings is 2. The first-order valence-electron chi connectivity index (χ1n) is 7.32. The highest BCUT2D eigenvalue weighted by Crippen LogP contribution is 2.23. The third-order valence-corrected chi connectivity index (χ3v) is 3.88. The van der Waals surface area contributed by atoms with E-state index in [1.54, 1.807) is 0 Å². The van der Waals surface area contributed by atoms with E-state index in [9.17, 15) is 4.79 Å². The lowest BCUT2D eigenvalue weighted by Crippen LogP contribution is -2.42. The van der Waals surface area contributed by atoms with Gasteiger partial charge in [-0.2, -0.15) is 0 Å². The molecule has 2 rings (SSSR count). The fraction of sp³-hybridized carbons (Fsp3) is 0.316. The van der Waals surface area contributed by atoms with Gasteiger partial charge >= 0.3 is 0 Å². The Morgan fingerprint density at radius 1 is 0.952 bits per heavy atom. The number of aryl methyl sites for hydroxylation is 2. The molecule has 2 aromatic carbocycles. The Morgan fingerprint density at radius 2 is 1.52 bits per heavy atom. The van der Waals surface area contributed by atoms with Gasteiger partial charge in [-0.3, -0.25) is 4.79 Å². The Kier molecular flexibility index (Phi) is 4.46. The summed E-state index contributed by atoms with van der Waals surface area (Å²) >= 11 is 0. The van der Waals surface area contributed by atoms with E-state index in [1.807, 2.05) is 57.2 Å². The van der Waals surface area contributed by atoms with Gasteiger partial charge in [-0.05, 0) is 49.9 Å². The average molecular weight is 281 g/mol. The van der Waals surface area contributed by atoms with Crippen LogP contribution in [0.2, 0.25) is 0 Å². The number of carbonyl (C=O) groups excluding carboxylic acids is 1. The molecule has 0 saturated heterocycles.